The van der Waals surface area contributed by atoms with Crippen LogP contribution in [0.4, 0.5) is 17.1 Å². The highest BCUT2D eigenvalue weighted by Crippen LogP contribution is 2.63. The molecule has 0 amide bonds. The first-order valence-corrected chi connectivity index (χ1v) is 21.5. The molecule has 1 nitrogen and oxygen atoms in total. The van der Waals surface area contributed by atoms with E-state index in [9.17, 15) is 0 Å². The summed E-state index contributed by atoms with van der Waals surface area (Å²) in [4.78, 5) is 2.45. The predicted octanol–water partition coefficient (Wildman–Crippen LogP) is 16.2. The fourth-order valence-electron chi connectivity index (χ4n) is 10.5. The lowest BCUT2D eigenvalue weighted by Crippen LogP contribution is -2.25. The van der Waals surface area contributed by atoms with Gasteiger partial charge in [0.05, 0.1) is 5.41 Å². The number of hydrogen-bond acceptors (Lipinski definition) is 1. The number of rotatable bonds is 7. The molecule has 0 saturated carbocycles. The molecule has 0 N–H and O–H groups in total. The van der Waals surface area contributed by atoms with Crippen molar-refractivity contribution in [2.24, 2.45) is 0 Å². The van der Waals surface area contributed by atoms with Crippen LogP contribution in [-0.2, 0) is 5.41 Å². The minimum absolute atomic E-state index is 0.398. The average molecular weight is 788 g/mol. The summed E-state index contributed by atoms with van der Waals surface area (Å²) in [5, 5.41) is 0. The summed E-state index contributed by atoms with van der Waals surface area (Å²) in [5.41, 5.74) is 23.0. The molecule has 62 heavy (non-hydrogen) atoms. The zero-order chi connectivity index (χ0) is 41.0. The van der Waals surface area contributed by atoms with Crippen LogP contribution in [-0.4, -0.2) is 0 Å². The minimum Gasteiger partial charge on any atom is -0.310 e. The highest BCUT2D eigenvalue weighted by molar-refractivity contribution is 5.97. The second-order valence-corrected chi connectivity index (χ2v) is 16.4. The maximum atomic E-state index is 2.45. The Morgan fingerprint density at radius 3 is 0.984 bits per heavy atom. The molecule has 1 spiro atoms. The Morgan fingerprint density at radius 1 is 0.210 bits per heavy atom. The third kappa shape index (κ3) is 5.56. The summed E-state index contributed by atoms with van der Waals surface area (Å²) in [7, 11) is 0. The Morgan fingerprint density at radius 2 is 0.532 bits per heavy atom. The second kappa shape index (κ2) is 14.6. The van der Waals surface area contributed by atoms with Gasteiger partial charge in [0.25, 0.3) is 0 Å². The van der Waals surface area contributed by atoms with Gasteiger partial charge in [-0.25, -0.2) is 0 Å². The number of fused-ring (bicyclic) bond motifs is 10. The summed E-state index contributed by atoms with van der Waals surface area (Å²) in [5.74, 6) is 0. The molecule has 0 radical (unpaired) electrons. The standard InChI is InChI=1S/C61H41N/c1-3-19-42(20-4-1)49-27-7-9-29-51(49)44-23-17-25-46(39-44)62(47-26-18-24-45(40-47)52-30-10-8-28-50(52)43-21-5-2-6-22-43)48-37-38-60-56(41-48)55-33-13-16-36-59(55)61(60)57-34-14-11-31-53(57)54-32-12-15-35-58(54)61/h1-41H. The molecule has 0 unspecified atom stereocenters. The Labute approximate surface area is 363 Å². The van der Waals surface area contributed by atoms with Crippen molar-refractivity contribution in [3.8, 4) is 66.8 Å². The quantitative estimate of drug-likeness (QED) is 0.155. The topological polar surface area (TPSA) is 3.24 Å². The van der Waals surface area contributed by atoms with E-state index in [0.717, 1.165) is 17.1 Å². The van der Waals surface area contributed by atoms with Gasteiger partial charge in [-0.3, -0.25) is 0 Å². The van der Waals surface area contributed by atoms with E-state index < -0.39 is 5.41 Å². The third-order valence-corrected chi connectivity index (χ3v) is 13.1. The summed E-state index contributed by atoms with van der Waals surface area (Å²) >= 11 is 0. The number of anilines is 3. The Hall–Kier alpha value is -8.00. The van der Waals surface area contributed by atoms with Crippen LogP contribution in [0, 0.1) is 0 Å². The highest BCUT2D eigenvalue weighted by Gasteiger charge is 2.51. The molecule has 12 rings (SSSR count). The Bertz CT molecular complexity index is 3130. The van der Waals surface area contributed by atoms with Crippen molar-refractivity contribution >= 4 is 17.1 Å². The largest absolute Gasteiger partial charge is 0.310 e. The molecular weight excluding hydrogens is 747 g/mol. The molecule has 10 aromatic carbocycles. The monoisotopic (exact) mass is 787 g/mol. The number of nitrogens with zero attached hydrogens (tertiary/aromatic N) is 1. The van der Waals surface area contributed by atoms with Crippen molar-refractivity contribution in [3.63, 3.8) is 0 Å². The molecule has 0 fully saturated rings. The first kappa shape index (κ1) is 35.9. The van der Waals surface area contributed by atoms with Gasteiger partial charge in [-0.1, -0.05) is 212 Å². The third-order valence-electron chi connectivity index (χ3n) is 13.1. The normalized spacial score (nSPS) is 12.6. The van der Waals surface area contributed by atoms with Gasteiger partial charge in [0, 0.05) is 17.1 Å². The summed E-state index contributed by atoms with van der Waals surface area (Å²) < 4.78 is 0. The predicted molar refractivity (Wildman–Crippen MR) is 259 cm³/mol. The van der Waals surface area contributed by atoms with E-state index in [2.05, 4.69) is 254 Å². The van der Waals surface area contributed by atoms with Gasteiger partial charge in [-0.05, 0) is 125 Å². The molecule has 2 aliphatic carbocycles. The summed E-state index contributed by atoms with van der Waals surface area (Å²) in [6.45, 7) is 0. The van der Waals surface area contributed by atoms with Gasteiger partial charge in [0.15, 0.2) is 0 Å². The molecule has 0 bridgehead atoms. The van der Waals surface area contributed by atoms with E-state index in [1.165, 1.54) is 89.0 Å². The lowest BCUT2D eigenvalue weighted by Gasteiger charge is -2.31. The van der Waals surface area contributed by atoms with E-state index in [-0.39, 0.29) is 0 Å². The van der Waals surface area contributed by atoms with Crippen LogP contribution in [0.25, 0.3) is 66.8 Å². The maximum absolute atomic E-state index is 2.45. The zero-order valence-electron chi connectivity index (χ0n) is 34.1. The number of hydrogen-bond donors (Lipinski definition) is 0. The zero-order valence-corrected chi connectivity index (χ0v) is 34.1. The molecule has 10 aromatic rings. The first-order valence-electron chi connectivity index (χ1n) is 21.5. The van der Waals surface area contributed by atoms with Gasteiger partial charge in [-0.15, -0.1) is 0 Å². The molecule has 0 aromatic heterocycles. The Balaban J connectivity index is 1.07. The molecular formula is C61H41N. The molecule has 2 aliphatic rings. The van der Waals surface area contributed by atoms with Crippen molar-refractivity contribution in [1.29, 1.82) is 0 Å². The molecule has 0 atom stereocenters. The van der Waals surface area contributed by atoms with Gasteiger partial charge < -0.3 is 4.90 Å². The van der Waals surface area contributed by atoms with Crippen molar-refractivity contribution in [1.82, 2.24) is 0 Å². The minimum atomic E-state index is -0.398. The second-order valence-electron chi connectivity index (χ2n) is 16.4. The lowest BCUT2D eigenvalue weighted by molar-refractivity contribution is 0.794. The van der Waals surface area contributed by atoms with Crippen LogP contribution in [0.15, 0.2) is 249 Å². The Kier molecular flexibility index (Phi) is 8.47. The van der Waals surface area contributed by atoms with E-state index in [1.807, 2.05) is 0 Å². The van der Waals surface area contributed by atoms with Crippen molar-refractivity contribution in [3.05, 3.63) is 271 Å². The highest BCUT2D eigenvalue weighted by atomic mass is 15.1. The van der Waals surface area contributed by atoms with Gasteiger partial charge in [-0.2, -0.15) is 0 Å². The van der Waals surface area contributed by atoms with E-state index in [1.54, 1.807) is 0 Å². The van der Waals surface area contributed by atoms with Crippen LogP contribution in [0.3, 0.4) is 0 Å². The van der Waals surface area contributed by atoms with Crippen LogP contribution in [0.2, 0.25) is 0 Å². The molecule has 0 heterocycles. The SMILES string of the molecule is c1ccc(-c2ccccc2-c2cccc(N(c3cccc(-c4ccccc4-c4ccccc4)c3)c3ccc4c(c3)-c3ccccc3C43c4ccccc4-c4ccccc43)c2)cc1. The molecule has 290 valence electrons. The number of benzene rings is 10. The fraction of sp³-hybridized carbons (Fsp3) is 0.0164. The maximum Gasteiger partial charge on any atom is 0.0725 e. The van der Waals surface area contributed by atoms with Crippen LogP contribution >= 0.6 is 0 Å². The first-order chi connectivity index (χ1) is 30.8. The fourth-order valence-corrected chi connectivity index (χ4v) is 10.5. The van der Waals surface area contributed by atoms with Gasteiger partial charge in [0.1, 0.15) is 0 Å². The van der Waals surface area contributed by atoms with E-state index in [0.29, 0.717) is 0 Å². The summed E-state index contributed by atoms with van der Waals surface area (Å²) in [6.07, 6.45) is 0. The molecule has 0 saturated heterocycles. The van der Waals surface area contributed by atoms with Crippen LogP contribution in [0.1, 0.15) is 22.3 Å². The smallest absolute Gasteiger partial charge is 0.0725 e. The van der Waals surface area contributed by atoms with Gasteiger partial charge in [0.2, 0.25) is 0 Å². The van der Waals surface area contributed by atoms with Crippen molar-refractivity contribution in [2.75, 3.05) is 4.90 Å². The van der Waals surface area contributed by atoms with Crippen LogP contribution < -0.4 is 4.90 Å². The van der Waals surface area contributed by atoms with Crippen LogP contribution in [0.5, 0.6) is 0 Å². The summed E-state index contributed by atoms with van der Waals surface area (Å²) in [6, 6.07) is 91.4. The van der Waals surface area contributed by atoms with E-state index in [4.69, 9.17) is 0 Å². The molecule has 1 heteroatoms. The lowest BCUT2D eigenvalue weighted by atomic mass is 9.70. The van der Waals surface area contributed by atoms with Crippen molar-refractivity contribution in [2.45, 2.75) is 5.41 Å². The average Bonchev–Trinajstić information content (AvgIpc) is 3.82. The van der Waals surface area contributed by atoms with Crippen molar-refractivity contribution < 1.29 is 0 Å². The van der Waals surface area contributed by atoms with Gasteiger partial charge >= 0.3 is 0 Å². The molecule has 0 aliphatic heterocycles. The van der Waals surface area contributed by atoms with E-state index >= 15 is 0 Å².